The molecule has 4 heteroatoms. The van der Waals surface area contributed by atoms with Crippen molar-refractivity contribution in [2.45, 2.75) is 25.4 Å². The molecule has 0 saturated heterocycles. The molecule has 1 aliphatic rings. The molecule has 0 aromatic carbocycles. The van der Waals surface area contributed by atoms with E-state index in [1.54, 1.807) is 0 Å². The highest BCUT2D eigenvalue weighted by Gasteiger charge is 2.21. The highest BCUT2D eigenvalue weighted by Crippen LogP contribution is 2.30. The number of aryl methyl sites for hydroxylation is 1. The number of aliphatic hydroxyl groups is 1. The maximum Gasteiger partial charge on any atom is 0.0992 e. The number of hydrogen-bond donors (Lipinski definition) is 2. The van der Waals surface area contributed by atoms with Crippen LogP contribution in [0.3, 0.4) is 0 Å². The van der Waals surface area contributed by atoms with Crippen molar-refractivity contribution >= 4 is 0 Å². The molecule has 4 nitrogen and oxygen atoms in total. The monoisotopic (exact) mass is 182 g/mol. The molecule has 1 heterocycles. The molecule has 0 amide bonds. The number of ether oxygens (including phenoxy) is 1. The van der Waals surface area contributed by atoms with E-state index in [4.69, 9.17) is 9.84 Å². The first-order valence-corrected chi connectivity index (χ1v) is 4.66. The SMILES string of the molecule is OCCOC1CCCc2cn[nH]c21. The minimum atomic E-state index is 0.0833. The fourth-order valence-electron chi connectivity index (χ4n) is 1.78. The van der Waals surface area contributed by atoms with Crippen LogP contribution in [0.2, 0.25) is 0 Å². The summed E-state index contributed by atoms with van der Waals surface area (Å²) in [6.07, 6.45) is 5.23. The number of hydrogen-bond acceptors (Lipinski definition) is 3. The number of H-pyrrole nitrogens is 1. The number of aromatic amines is 1. The second kappa shape index (κ2) is 3.89. The van der Waals surface area contributed by atoms with E-state index in [0.717, 1.165) is 25.0 Å². The van der Waals surface area contributed by atoms with Gasteiger partial charge in [-0.25, -0.2) is 0 Å². The van der Waals surface area contributed by atoms with E-state index in [1.807, 2.05) is 6.20 Å². The topological polar surface area (TPSA) is 58.1 Å². The second-order valence-electron chi connectivity index (χ2n) is 3.28. The third-order valence-electron chi connectivity index (χ3n) is 2.40. The molecule has 0 aliphatic heterocycles. The van der Waals surface area contributed by atoms with Crippen molar-refractivity contribution < 1.29 is 9.84 Å². The van der Waals surface area contributed by atoms with Gasteiger partial charge in [-0.05, 0) is 24.8 Å². The lowest BCUT2D eigenvalue weighted by molar-refractivity contribution is 0.0159. The van der Waals surface area contributed by atoms with Crippen molar-refractivity contribution in [3.05, 3.63) is 17.5 Å². The van der Waals surface area contributed by atoms with Crippen LogP contribution in [0.4, 0.5) is 0 Å². The standard InChI is InChI=1S/C9H14N2O2/c12-4-5-13-8-3-1-2-7-6-10-11-9(7)8/h6,8,12H,1-5H2,(H,10,11). The molecule has 0 saturated carbocycles. The number of aromatic nitrogens is 2. The zero-order valence-corrected chi connectivity index (χ0v) is 7.49. The predicted octanol–water partition coefficient (Wildman–Crippen LogP) is 0.796. The van der Waals surface area contributed by atoms with Crippen molar-refractivity contribution in [3.63, 3.8) is 0 Å². The van der Waals surface area contributed by atoms with Crippen LogP contribution in [0.5, 0.6) is 0 Å². The average Bonchev–Trinajstić information content (AvgIpc) is 2.62. The van der Waals surface area contributed by atoms with Crippen molar-refractivity contribution in [2.24, 2.45) is 0 Å². The lowest BCUT2D eigenvalue weighted by atomic mass is 9.96. The number of aliphatic hydroxyl groups excluding tert-OH is 1. The van der Waals surface area contributed by atoms with Gasteiger partial charge in [-0.3, -0.25) is 5.10 Å². The Labute approximate surface area is 76.9 Å². The third kappa shape index (κ3) is 1.73. The summed E-state index contributed by atoms with van der Waals surface area (Å²) >= 11 is 0. The van der Waals surface area contributed by atoms with Gasteiger partial charge in [-0.15, -0.1) is 0 Å². The quantitative estimate of drug-likeness (QED) is 0.726. The summed E-state index contributed by atoms with van der Waals surface area (Å²) in [6, 6.07) is 0. The minimum Gasteiger partial charge on any atom is -0.394 e. The Balaban J connectivity index is 2.07. The van der Waals surface area contributed by atoms with Crippen molar-refractivity contribution in [2.75, 3.05) is 13.2 Å². The zero-order chi connectivity index (χ0) is 9.10. The van der Waals surface area contributed by atoms with Gasteiger partial charge in [-0.2, -0.15) is 5.10 Å². The first kappa shape index (κ1) is 8.72. The van der Waals surface area contributed by atoms with Gasteiger partial charge in [-0.1, -0.05) is 0 Å². The Kier molecular flexibility index (Phi) is 2.61. The van der Waals surface area contributed by atoms with Crippen LogP contribution in [-0.4, -0.2) is 28.5 Å². The van der Waals surface area contributed by atoms with Crippen molar-refractivity contribution in [1.82, 2.24) is 10.2 Å². The smallest absolute Gasteiger partial charge is 0.0992 e. The molecular formula is C9H14N2O2. The first-order chi connectivity index (χ1) is 6.42. The summed E-state index contributed by atoms with van der Waals surface area (Å²) in [4.78, 5) is 0. The number of fused-ring (bicyclic) bond motifs is 1. The lowest BCUT2D eigenvalue weighted by Gasteiger charge is -2.21. The molecule has 0 radical (unpaired) electrons. The van der Waals surface area contributed by atoms with E-state index >= 15 is 0 Å². The van der Waals surface area contributed by atoms with Gasteiger partial charge in [0.25, 0.3) is 0 Å². The Morgan fingerprint density at radius 2 is 2.62 bits per heavy atom. The maximum absolute atomic E-state index is 8.64. The van der Waals surface area contributed by atoms with Gasteiger partial charge in [0.1, 0.15) is 0 Å². The maximum atomic E-state index is 8.64. The minimum absolute atomic E-state index is 0.0833. The van der Waals surface area contributed by atoms with Crippen LogP contribution < -0.4 is 0 Å². The molecule has 0 fully saturated rings. The molecule has 0 bridgehead atoms. The molecular weight excluding hydrogens is 168 g/mol. The number of nitrogens with zero attached hydrogens (tertiary/aromatic N) is 1. The Morgan fingerprint density at radius 1 is 1.69 bits per heavy atom. The van der Waals surface area contributed by atoms with Crippen molar-refractivity contribution in [1.29, 1.82) is 0 Å². The molecule has 0 spiro atoms. The first-order valence-electron chi connectivity index (χ1n) is 4.66. The lowest BCUT2D eigenvalue weighted by Crippen LogP contribution is -2.14. The molecule has 72 valence electrons. The van der Waals surface area contributed by atoms with E-state index < -0.39 is 0 Å². The van der Waals surface area contributed by atoms with E-state index in [9.17, 15) is 0 Å². The fourth-order valence-corrected chi connectivity index (χ4v) is 1.78. The van der Waals surface area contributed by atoms with Gasteiger partial charge < -0.3 is 9.84 Å². The fraction of sp³-hybridized carbons (Fsp3) is 0.667. The summed E-state index contributed by atoms with van der Waals surface area (Å²) in [7, 11) is 0. The van der Waals surface area contributed by atoms with E-state index in [0.29, 0.717) is 6.61 Å². The van der Waals surface area contributed by atoms with Crippen LogP contribution in [0.1, 0.15) is 30.2 Å². The van der Waals surface area contributed by atoms with Gasteiger partial charge in [0, 0.05) is 0 Å². The van der Waals surface area contributed by atoms with E-state index in [-0.39, 0.29) is 12.7 Å². The molecule has 13 heavy (non-hydrogen) atoms. The molecule has 1 atom stereocenters. The van der Waals surface area contributed by atoms with E-state index in [2.05, 4.69) is 10.2 Å². The molecule has 2 rings (SSSR count). The highest BCUT2D eigenvalue weighted by atomic mass is 16.5. The van der Waals surface area contributed by atoms with Gasteiger partial charge >= 0.3 is 0 Å². The second-order valence-corrected chi connectivity index (χ2v) is 3.28. The van der Waals surface area contributed by atoms with Crippen LogP contribution in [0.15, 0.2) is 6.20 Å². The van der Waals surface area contributed by atoms with Crippen LogP contribution in [0, 0.1) is 0 Å². The number of rotatable bonds is 3. The predicted molar refractivity (Wildman–Crippen MR) is 47.3 cm³/mol. The molecule has 1 aromatic heterocycles. The van der Waals surface area contributed by atoms with Crippen LogP contribution in [-0.2, 0) is 11.2 Å². The molecule has 1 aromatic rings. The summed E-state index contributed by atoms with van der Waals surface area (Å²) in [6.45, 7) is 0.489. The largest absolute Gasteiger partial charge is 0.394 e. The van der Waals surface area contributed by atoms with Crippen LogP contribution in [0.25, 0.3) is 0 Å². The van der Waals surface area contributed by atoms with E-state index in [1.165, 1.54) is 5.56 Å². The normalized spacial score (nSPS) is 21.5. The Morgan fingerprint density at radius 3 is 3.46 bits per heavy atom. The molecule has 1 aliphatic carbocycles. The Bertz CT molecular complexity index is 272. The summed E-state index contributed by atoms with van der Waals surface area (Å²) < 4.78 is 5.50. The molecule has 1 unspecified atom stereocenters. The Hall–Kier alpha value is -0.870. The zero-order valence-electron chi connectivity index (χ0n) is 7.49. The summed E-state index contributed by atoms with van der Waals surface area (Å²) in [5, 5.41) is 15.6. The van der Waals surface area contributed by atoms with Gasteiger partial charge in [0.05, 0.1) is 31.2 Å². The van der Waals surface area contributed by atoms with Gasteiger partial charge in [0.15, 0.2) is 0 Å². The number of nitrogens with one attached hydrogen (secondary N) is 1. The summed E-state index contributed by atoms with van der Waals surface area (Å²) in [5.41, 5.74) is 2.36. The molecule has 2 N–H and O–H groups in total. The van der Waals surface area contributed by atoms with Gasteiger partial charge in [0.2, 0.25) is 0 Å². The third-order valence-corrected chi connectivity index (χ3v) is 2.40. The van der Waals surface area contributed by atoms with Crippen molar-refractivity contribution in [3.8, 4) is 0 Å². The van der Waals surface area contributed by atoms with Crippen LogP contribution >= 0.6 is 0 Å². The summed E-state index contributed by atoms with van der Waals surface area (Å²) in [5.74, 6) is 0. The highest BCUT2D eigenvalue weighted by molar-refractivity contribution is 5.21. The average molecular weight is 182 g/mol.